The number of carbonyl (C=O) groups is 1. The van der Waals surface area contributed by atoms with Crippen molar-refractivity contribution in [3.63, 3.8) is 0 Å². The lowest BCUT2D eigenvalue weighted by Crippen LogP contribution is -2.41. The van der Waals surface area contributed by atoms with Crippen molar-refractivity contribution in [3.05, 3.63) is 29.8 Å². The number of hydrogen-bond acceptors (Lipinski definition) is 4. The van der Waals surface area contributed by atoms with Gasteiger partial charge in [0.15, 0.2) is 0 Å². The Labute approximate surface area is 125 Å². The summed E-state index contributed by atoms with van der Waals surface area (Å²) in [6, 6.07) is 5.38. The smallest absolute Gasteiger partial charge is 0.251 e. The molecule has 0 aromatic heterocycles. The summed E-state index contributed by atoms with van der Waals surface area (Å²) in [4.78, 5) is 12.2. The van der Waals surface area contributed by atoms with Gasteiger partial charge in [-0.1, -0.05) is 13.8 Å². The van der Waals surface area contributed by atoms with Gasteiger partial charge in [-0.05, 0) is 30.2 Å². The van der Waals surface area contributed by atoms with Crippen LogP contribution in [0.25, 0.3) is 0 Å². The van der Waals surface area contributed by atoms with Crippen molar-refractivity contribution in [1.29, 1.82) is 0 Å². The molecule has 1 aromatic rings. The van der Waals surface area contributed by atoms with Gasteiger partial charge in [0.2, 0.25) is 10.0 Å². The minimum Gasteiger partial charge on any atom is -0.394 e. The molecule has 6 nitrogen and oxygen atoms in total. The number of hydrogen-bond donors (Lipinski definition) is 2. The van der Waals surface area contributed by atoms with E-state index in [1.165, 1.54) is 38.4 Å². The molecule has 0 fully saturated rings. The van der Waals surface area contributed by atoms with Crippen molar-refractivity contribution in [2.45, 2.75) is 24.8 Å². The minimum atomic E-state index is -3.50. The Kier molecular flexibility index (Phi) is 5.88. The summed E-state index contributed by atoms with van der Waals surface area (Å²) < 4.78 is 25.0. The zero-order valence-corrected chi connectivity index (χ0v) is 13.5. The zero-order chi connectivity index (χ0) is 16.2. The Morgan fingerprint density at radius 3 is 2.14 bits per heavy atom. The Morgan fingerprint density at radius 1 is 1.24 bits per heavy atom. The second-order valence-corrected chi connectivity index (χ2v) is 7.47. The summed E-state index contributed by atoms with van der Waals surface area (Å²) in [5, 5.41) is 11.9. The molecule has 0 saturated heterocycles. The lowest BCUT2D eigenvalue weighted by Gasteiger charge is -2.20. The summed E-state index contributed by atoms with van der Waals surface area (Å²) in [5.41, 5.74) is 0.354. The van der Waals surface area contributed by atoms with Gasteiger partial charge in [-0.25, -0.2) is 12.7 Å². The van der Waals surface area contributed by atoms with Gasteiger partial charge in [-0.15, -0.1) is 0 Å². The van der Waals surface area contributed by atoms with Crippen LogP contribution in [0.5, 0.6) is 0 Å². The molecule has 1 aromatic carbocycles. The van der Waals surface area contributed by atoms with E-state index in [0.29, 0.717) is 5.56 Å². The van der Waals surface area contributed by atoms with E-state index in [1.54, 1.807) is 0 Å². The van der Waals surface area contributed by atoms with E-state index in [2.05, 4.69) is 5.32 Å². The predicted molar refractivity (Wildman–Crippen MR) is 80.5 cm³/mol. The maximum Gasteiger partial charge on any atom is 0.251 e. The third-order valence-corrected chi connectivity index (χ3v) is 5.04. The zero-order valence-electron chi connectivity index (χ0n) is 12.7. The summed E-state index contributed by atoms with van der Waals surface area (Å²) in [5.74, 6) is -0.233. The van der Waals surface area contributed by atoms with Crippen molar-refractivity contribution in [2.24, 2.45) is 5.92 Å². The van der Waals surface area contributed by atoms with E-state index < -0.39 is 10.0 Å². The van der Waals surface area contributed by atoms with Crippen LogP contribution in [0.4, 0.5) is 0 Å². The van der Waals surface area contributed by atoms with Crippen molar-refractivity contribution in [1.82, 2.24) is 9.62 Å². The summed E-state index contributed by atoms with van der Waals surface area (Å²) in [6.45, 7) is 3.65. The van der Waals surface area contributed by atoms with Gasteiger partial charge in [0.1, 0.15) is 0 Å². The first-order valence-corrected chi connectivity index (χ1v) is 8.08. The Morgan fingerprint density at radius 2 is 1.76 bits per heavy atom. The fourth-order valence-corrected chi connectivity index (χ4v) is 2.57. The van der Waals surface area contributed by atoms with E-state index >= 15 is 0 Å². The van der Waals surface area contributed by atoms with Gasteiger partial charge in [0.05, 0.1) is 17.5 Å². The number of benzene rings is 1. The van der Waals surface area contributed by atoms with Crippen LogP contribution in [0.15, 0.2) is 29.2 Å². The SMILES string of the molecule is CC(C)[C@@H](CO)NC(=O)c1ccc(S(=O)(=O)N(C)C)cc1. The molecule has 0 radical (unpaired) electrons. The molecule has 118 valence electrons. The number of aliphatic hydroxyl groups is 1. The molecule has 0 spiro atoms. The average Bonchev–Trinajstić information content (AvgIpc) is 2.44. The molecule has 0 aliphatic heterocycles. The van der Waals surface area contributed by atoms with Crippen molar-refractivity contribution in [2.75, 3.05) is 20.7 Å². The number of aliphatic hydroxyl groups excluding tert-OH is 1. The molecule has 0 aliphatic carbocycles. The van der Waals surface area contributed by atoms with Crippen LogP contribution >= 0.6 is 0 Å². The van der Waals surface area contributed by atoms with Crippen molar-refractivity contribution >= 4 is 15.9 Å². The van der Waals surface area contributed by atoms with Gasteiger partial charge in [-0.2, -0.15) is 0 Å². The van der Waals surface area contributed by atoms with Crippen LogP contribution in [-0.2, 0) is 10.0 Å². The van der Waals surface area contributed by atoms with E-state index in [-0.39, 0.29) is 29.4 Å². The molecule has 1 amide bonds. The second kappa shape index (κ2) is 7.02. The number of rotatable bonds is 6. The molecular formula is C14H22N2O4S. The van der Waals surface area contributed by atoms with E-state index in [4.69, 9.17) is 0 Å². The molecule has 0 unspecified atom stereocenters. The van der Waals surface area contributed by atoms with Crippen LogP contribution in [0.2, 0.25) is 0 Å². The van der Waals surface area contributed by atoms with Gasteiger partial charge >= 0.3 is 0 Å². The standard InChI is InChI=1S/C14H22N2O4S/c1-10(2)13(9-17)15-14(18)11-5-7-12(8-6-11)21(19,20)16(3)4/h5-8,10,13,17H,9H2,1-4H3,(H,15,18)/t13-/m1/s1. The highest BCUT2D eigenvalue weighted by Gasteiger charge is 2.19. The predicted octanol–water partition coefficient (Wildman–Crippen LogP) is 0.684. The molecule has 21 heavy (non-hydrogen) atoms. The highest BCUT2D eigenvalue weighted by Crippen LogP contribution is 2.14. The lowest BCUT2D eigenvalue weighted by molar-refractivity contribution is 0.0897. The van der Waals surface area contributed by atoms with Crippen LogP contribution in [0.1, 0.15) is 24.2 Å². The van der Waals surface area contributed by atoms with Crippen LogP contribution in [0, 0.1) is 5.92 Å². The van der Waals surface area contributed by atoms with Crippen LogP contribution in [0.3, 0.4) is 0 Å². The first kappa shape index (κ1) is 17.6. The van der Waals surface area contributed by atoms with Crippen molar-refractivity contribution in [3.8, 4) is 0 Å². The normalized spacial score (nSPS) is 13.5. The molecule has 0 aliphatic rings. The first-order chi connectivity index (χ1) is 9.70. The van der Waals surface area contributed by atoms with E-state index in [9.17, 15) is 18.3 Å². The quantitative estimate of drug-likeness (QED) is 0.808. The van der Waals surface area contributed by atoms with Crippen molar-refractivity contribution < 1.29 is 18.3 Å². The molecule has 0 heterocycles. The van der Waals surface area contributed by atoms with Crippen LogP contribution < -0.4 is 5.32 Å². The first-order valence-electron chi connectivity index (χ1n) is 6.64. The third-order valence-electron chi connectivity index (χ3n) is 3.21. The van der Waals surface area contributed by atoms with E-state index in [1.807, 2.05) is 13.8 Å². The molecule has 1 rings (SSSR count). The number of amides is 1. The number of nitrogens with one attached hydrogen (secondary N) is 1. The number of carbonyl (C=O) groups excluding carboxylic acids is 1. The summed E-state index contributed by atoms with van der Waals surface area (Å²) >= 11 is 0. The van der Waals surface area contributed by atoms with Gasteiger partial charge in [-0.3, -0.25) is 4.79 Å². The minimum absolute atomic E-state index is 0.104. The molecule has 7 heteroatoms. The molecule has 0 bridgehead atoms. The highest BCUT2D eigenvalue weighted by atomic mass is 32.2. The van der Waals surface area contributed by atoms with E-state index in [0.717, 1.165) is 4.31 Å². The molecule has 2 N–H and O–H groups in total. The van der Waals surface area contributed by atoms with Gasteiger partial charge in [0, 0.05) is 19.7 Å². The molecule has 0 saturated carbocycles. The maximum absolute atomic E-state index is 12.0. The Hall–Kier alpha value is -1.44. The highest BCUT2D eigenvalue weighted by molar-refractivity contribution is 7.89. The van der Waals surface area contributed by atoms with Gasteiger partial charge in [0.25, 0.3) is 5.91 Å². The number of nitrogens with zero attached hydrogens (tertiary/aromatic N) is 1. The number of sulfonamides is 1. The molecular weight excluding hydrogens is 292 g/mol. The fraction of sp³-hybridized carbons (Fsp3) is 0.500. The fourth-order valence-electron chi connectivity index (χ4n) is 1.66. The largest absolute Gasteiger partial charge is 0.394 e. The lowest BCUT2D eigenvalue weighted by atomic mass is 10.0. The topological polar surface area (TPSA) is 86.7 Å². The summed E-state index contributed by atoms with van der Waals surface area (Å²) in [7, 11) is -0.601. The Bertz CT molecular complexity index is 579. The van der Waals surface area contributed by atoms with Gasteiger partial charge < -0.3 is 10.4 Å². The second-order valence-electron chi connectivity index (χ2n) is 5.32. The molecule has 1 atom stereocenters. The van der Waals surface area contributed by atoms with Crippen LogP contribution in [-0.4, -0.2) is 50.5 Å². The summed E-state index contributed by atoms with van der Waals surface area (Å²) in [6.07, 6.45) is 0. The third kappa shape index (κ3) is 4.26. The Balaban J connectivity index is 2.91. The maximum atomic E-state index is 12.0. The monoisotopic (exact) mass is 314 g/mol. The average molecular weight is 314 g/mol.